The second-order valence-corrected chi connectivity index (χ2v) is 4.45. The zero-order valence-electron chi connectivity index (χ0n) is 9.64. The molecule has 0 amide bonds. The summed E-state index contributed by atoms with van der Waals surface area (Å²) in [4.78, 5) is 15.9. The molecule has 1 aliphatic heterocycles. The molecule has 2 heterocycles. The van der Waals surface area contributed by atoms with Crippen molar-refractivity contribution in [3.63, 3.8) is 0 Å². The largest absolute Gasteiger partial charge is 0.464 e. The number of hydrogen-bond donors (Lipinski definition) is 0. The highest BCUT2D eigenvalue weighted by Crippen LogP contribution is 2.30. The molecule has 5 nitrogen and oxygen atoms in total. The second kappa shape index (κ2) is 5.54. The van der Waals surface area contributed by atoms with Gasteiger partial charge in [-0.25, -0.2) is 14.8 Å². The number of ether oxygens (including phenoxy) is 1. The van der Waals surface area contributed by atoms with Crippen molar-refractivity contribution < 1.29 is 9.53 Å². The Bertz CT molecular complexity index is 493. The molecule has 0 aromatic carbocycles. The van der Waals surface area contributed by atoms with E-state index < -0.39 is 12.0 Å². The number of hydrazone groups is 1. The number of pyridine rings is 1. The standard InChI is InChI=1S/C11H11Cl2N3O2/c1-2-18-11(17)8-6-9(13)15-16(8)10-7(12)4-3-5-14-10/h3-5,8H,2,6H2,1H3. The maximum absolute atomic E-state index is 11.8. The Balaban J connectivity index is 2.29. The molecule has 0 bridgehead atoms. The lowest BCUT2D eigenvalue weighted by molar-refractivity contribution is -0.144. The minimum Gasteiger partial charge on any atom is -0.464 e. The Morgan fingerprint density at radius 2 is 2.39 bits per heavy atom. The first-order valence-electron chi connectivity index (χ1n) is 5.43. The van der Waals surface area contributed by atoms with Gasteiger partial charge in [0.2, 0.25) is 0 Å². The van der Waals surface area contributed by atoms with Crippen LogP contribution in [0.3, 0.4) is 0 Å². The number of carbonyl (C=O) groups is 1. The Labute approximate surface area is 114 Å². The van der Waals surface area contributed by atoms with E-state index in [0.29, 0.717) is 29.0 Å². The molecule has 1 aromatic rings. The van der Waals surface area contributed by atoms with Gasteiger partial charge in [-0.2, -0.15) is 5.10 Å². The van der Waals surface area contributed by atoms with Gasteiger partial charge >= 0.3 is 5.97 Å². The van der Waals surface area contributed by atoms with Gasteiger partial charge in [0.15, 0.2) is 11.9 Å². The topological polar surface area (TPSA) is 54.8 Å². The first-order chi connectivity index (χ1) is 8.63. The molecule has 1 aromatic heterocycles. The smallest absolute Gasteiger partial charge is 0.331 e. The molecule has 1 aliphatic rings. The van der Waals surface area contributed by atoms with Crippen LogP contribution < -0.4 is 5.01 Å². The SMILES string of the molecule is CCOC(=O)C1CC(Cl)=NN1c1ncccc1Cl. The lowest BCUT2D eigenvalue weighted by Crippen LogP contribution is -2.36. The van der Waals surface area contributed by atoms with E-state index in [9.17, 15) is 4.79 Å². The van der Waals surface area contributed by atoms with Gasteiger partial charge in [-0.3, -0.25) is 0 Å². The van der Waals surface area contributed by atoms with Crippen LogP contribution in [0.25, 0.3) is 0 Å². The third kappa shape index (κ3) is 2.57. The number of carbonyl (C=O) groups excluding carboxylic acids is 1. The molecule has 0 aliphatic carbocycles. The van der Waals surface area contributed by atoms with Gasteiger partial charge in [0.1, 0.15) is 5.17 Å². The number of rotatable bonds is 3. The average Bonchev–Trinajstić information content (AvgIpc) is 2.72. The van der Waals surface area contributed by atoms with Crippen LogP contribution in [0.2, 0.25) is 5.02 Å². The van der Waals surface area contributed by atoms with Gasteiger partial charge in [-0.05, 0) is 19.1 Å². The van der Waals surface area contributed by atoms with E-state index in [4.69, 9.17) is 27.9 Å². The van der Waals surface area contributed by atoms with E-state index in [1.807, 2.05) is 0 Å². The molecular weight excluding hydrogens is 277 g/mol. The Morgan fingerprint density at radius 1 is 1.61 bits per heavy atom. The van der Waals surface area contributed by atoms with Crippen LogP contribution in [0.15, 0.2) is 23.4 Å². The highest BCUT2D eigenvalue weighted by atomic mass is 35.5. The Kier molecular flexibility index (Phi) is 4.04. The Morgan fingerprint density at radius 3 is 3.06 bits per heavy atom. The molecule has 0 N–H and O–H groups in total. The summed E-state index contributed by atoms with van der Waals surface area (Å²) < 4.78 is 4.98. The number of hydrogen-bond acceptors (Lipinski definition) is 5. The van der Waals surface area contributed by atoms with Crippen LogP contribution in [-0.2, 0) is 9.53 Å². The van der Waals surface area contributed by atoms with E-state index in [-0.39, 0.29) is 0 Å². The van der Waals surface area contributed by atoms with Crippen LogP contribution in [-0.4, -0.2) is 28.8 Å². The third-order valence-corrected chi connectivity index (χ3v) is 2.91. The summed E-state index contributed by atoms with van der Waals surface area (Å²) in [6.07, 6.45) is 1.87. The predicted octanol–water partition coefficient (Wildman–Crippen LogP) is 2.43. The zero-order chi connectivity index (χ0) is 13.1. The van der Waals surface area contributed by atoms with E-state index in [0.717, 1.165) is 0 Å². The summed E-state index contributed by atoms with van der Waals surface area (Å²) >= 11 is 11.9. The predicted molar refractivity (Wildman–Crippen MR) is 70.1 cm³/mol. The zero-order valence-corrected chi connectivity index (χ0v) is 11.1. The van der Waals surface area contributed by atoms with E-state index >= 15 is 0 Å². The number of anilines is 1. The minimum absolute atomic E-state index is 0.299. The fourth-order valence-electron chi connectivity index (χ4n) is 1.64. The number of aromatic nitrogens is 1. The first-order valence-corrected chi connectivity index (χ1v) is 6.18. The maximum Gasteiger partial charge on any atom is 0.331 e. The molecule has 0 saturated heterocycles. The Hall–Kier alpha value is -1.33. The average molecular weight is 288 g/mol. The molecule has 0 saturated carbocycles. The van der Waals surface area contributed by atoms with Crippen LogP contribution in [0.5, 0.6) is 0 Å². The number of halogens is 2. The lowest BCUT2D eigenvalue weighted by atomic mass is 10.2. The summed E-state index contributed by atoms with van der Waals surface area (Å²) in [5.41, 5.74) is 0. The van der Waals surface area contributed by atoms with Crippen molar-refractivity contribution in [3.05, 3.63) is 23.4 Å². The van der Waals surface area contributed by atoms with Gasteiger partial charge in [0, 0.05) is 12.6 Å². The van der Waals surface area contributed by atoms with Crippen LogP contribution >= 0.6 is 23.2 Å². The second-order valence-electron chi connectivity index (χ2n) is 3.60. The molecule has 0 fully saturated rings. The molecule has 0 spiro atoms. The molecule has 2 rings (SSSR count). The van der Waals surface area contributed by atoms with E-state index in [1.54, 1.807) is 25.3 Å². The van der Waals surface area contributed by atoms with Crippen molar-refractivity contribution >= 4 is 40.2 Å². The fourth-order valence-corrected chi connectivity index (χ4v) is 2.07. The van der Waals surface area contributed by atoms with E-state index in [2.05, 4.69) is 10.1 Å². The normalized spacial score (nSPS) is 18.7. The van der Waals surface area contributed by atoms with Gasteiger partial charge in [0.25, 0.3) is 0 Å². The van der Waals surface area contributed by atoms with E-state index in [1.165, 1.54) is 5.01 Å². The van der Waals surface area contributed by atoms with Crippen molar-refractivity contribution in [2.75, 3.05) is 11.6 Å². The van der Waals surface area contributed by atoms with Crippen molar-refractivity contribution in [2.45, 2.75) is 19.4 Å². The van der Waals surface area contributed by atoms with Gasteiger partial charge in [-0.15, -0.1) is 0 Å². The van der Waals surface area contributed by atoms with Crippen molar-refractivity contribution in [3.8, 4) is 0 Å². The summed E-state index contributed by atoms with van der Waals surface area (Å²) in [6.45, 7) is 2.05. The first kappa shape index (κ1) is 13.1. The van der Waals surface area contributed by atoms with Crippen molar-refractivity contribution in [2.24, 2.45) is 5.10 Å². The van der Waals surface area contributed by atoms with Crippen molar-refractivity contribution in [1.82, 2.24) is 4.98 Å². The number of esters is 1. The van der Waals surface area contributed by atoms with Gasteiger partial charge < -0.3 is 4.74 Å². The monoisotopic (exact) mass is 287 g/mol. The molecular formula is C11H11Cl2N3O2. The fraction of sp³-hybridized carbons (Fsp3) is 0.364. The van der Waals surface area contributed by atoms with Crippen LogP contribution in [0.4, 0.5) is 5.82 Å². The molecule has 7 heteroatoms. The molecule has 0 radical (unpaired) electrons. The number of nitrogens with zero attached hydrogens (tertiary/aromatic N) is 3. The highest BCUT2D eigenvalue weighted by molar-refractivity contribution is 6.66. The van der Waals surface area contributed by atoms with Gasteiger partial charge in [0.05, 0.1) is 11.6 Å². The summed E-state index contributed by atoms with van der Waals surface area (Å²) in [6, 6.07) is 2.77. The van der Waals surface area contributed by atoms with Gasteiger partial charge in [-0.1, -0.05) is 23.2 Å². The highest BCUT2D eigenvalue weighted by Gasteiger charge is 2.35. The van der Waals surface area contributed by atoms with Crippen LogP contribution in [0.1, 0.15) is 13.3 Å². The third-order valence-electron chi connectivity index (χ3n) is 2.39. The molecule has 1 atom stereocenters. The molecule has 1 unspecified atom stereocenters. The summed E-state index contributed by atoms with van der Waals surface area (Å²) in [5, 5.41) is 6.21. The summed E-state index contributed by atoms with van der Waals surface area (Å²) in [7, 11) is 0. The lowest BCUT2D eigenvalue weighted by Gasteiger charge is -2.21. The summed E-state index contributed by atoms with van der Waals surface area (Å²) in [5.74, 6) is 0.00601. The maximum atomic E-state index is 11.8. The molecule has 18 heavy (non-hydrogen) atoms. The minimum atomic E-state index is -0.607. The molecule has 96 valence electrons. The van der Waals surface area contributed by atoms with Crippen molar-refractivity contribution in [1.29, 1.82) is 0 Å². The quantitative estimate of drug-likeness (QED) is 0.802. The van der Waals surface area contributed by atoms with Crippen LogP contribution in [0, 0.1) is 0 Å².